The Morgan fingerprint density at radius 1 is 1.22 bits per heavy atom. The normalized spacial score (nSPS) is 11.4. The van der Waals surface area contributed by atoms with Crippen molar-refractivity contribution in [2.75, 3.05) is 6.54 Å². The minimum absolute atomic E-state index is 0.296. The van der Waals surface area contributed by atoms with Gasteiger partial charge in [0.2, 0.25) is 0 Å². The standard InChI is InChI=1S/C18H23ClFN7/c1-2-8-27-18(22-23-24-27)13-26(10-4-9-25-11-7-21-14-25)12-15-16(19)5-3-6-17(15)20/h3,5-7,11,14H,2,4,8-10,12-13H2,1H3. The van der Waals surface area contributed by atoms with Crippen LogP contribution in [0.3, 0.4) is 0 Å². The molecule has 0 amide bonds. The first-order valence-electron chi connectivity index (χ1n) is 9.03. The lowest BCUT2D eigenvalue weighted by Crippen LogP contribution is -2.27. The SMILES string of the molecule is CCCn1nnnc1CN(CCCn1ccnc1)Cc1c(F)cccc1Cl. The van der Waals surface area contributed by atoms with E-state index < -0.39 is 0 Å². The van der Waals surface area contributed by atoms with Crippen LogP contribution in [0.1, 0.15) is 31.2 Å². The Morgan fingerprint density at radius 2 is 2.11 bits per heavy atom. The van der Waals surface area contributed by atoms with Gasteiger partial charge < -0.3 is 4.57 Å². The summed E-state index contributed by atoms with van der Waals surface area (Å²) >= 11 is 6.23. The van der Waals surface area contributed by atoms with Gasteiger partial charge in [0.1, 0.15) is 5.82 Å². The van der Waals surface area contributed by atoms with Gasteiger partial charge >= 0.3 is 0 Å². The predicted octanol–water partition coefficient (Wildman–Crippen LogP) is 3.16. The largest absolute Gasteiger partial charge is 0.337 e. The van der Waals surface area contributed by atoms with Crippen molar-refractivity contribution in [3.05, 3.63) is 59.1 Å². The maximum atomic E-state index is 14.3. The average molecular weight is 392 g/mol. The van der Waals surface area contributed by atoms with E-state index in [1.165, 1.54) is 6.07 Å². The summed E-state index contributed by atoms with van der Waals surface area (Å²) in [5, 5.41) is 12.4. The van der Waals surface area contributed by atoms with E-state index in [2.05, 4.69) is 32.3 Å². The molecule has 0 aliphatic rings. The Morgan fingerprint density at radius 3 is 2.85 bits per heavy atom. The van der Waals surface area contributed by atoms with Crippen LogP contribution >= 0.6 is 11.6 Å². The molecular weight excluding hydrogens is 369 g/mol. The van der Waals surface area contributed by atoms with Gasteiger partial charge in [-0.05, 0) is 35.4 Å². The van der Waals surface area contributed by atoms with Crippen LogP contribution in [0.4, 0.5) is 4.39 Å². The molecule has 0 radical (unpaired) electrons. The molecule has 2 aromatic heterocycles. The first-order chi connectivity index (χ1) is 13.2. The zero-order valence-corrected chi connectivity index (χ0v) is 16.1. The number of benzene rings is 1. The lowest BCUT2D eigenvalue weighted by Gasteiger charge is -2.23. The van der Waals surface area contributed by atoms with Crippen LogP contribution in [0.25, 0.3) is 0 Å². The van der Waals surface area contributed by atoms with Gasteiger partial charge in [-0.25, -0.2) is 14.1 Å². The molecule has 0 atom stereocenters. The average Bonchev–Trinajstić information content (AvgIpc) is 3.31. The zero-order valence-electron chi connectivity index (χ0n) is 15.3. The molecule has 27 heavy (non-hydrogen) atoms. The van der Waals surface area contributed by atoms with Gasteiger partial charge in [0.25, 0.3) is 0 Å². The Kier molecular flexibility index (Phi) is 6.89. The van der Waals surface area contributed by atoms with Crippen molar-refractivity contribution in [3.63, 3.8) is 0 Å². The smallest absolute Gasteiger partial charge is 0.165 e. The summed E-state index contributed by atoms with van der Waals surface area (Å²) in [6.07, 6.45) is 7.31. The number of aryl methyl sites for hydroxylation is 2. The van der Waals surface area contributed by atoms with E-state index >= 15 is 0 Å². The predicted molar refractivity (Wildman–Crippen MR) is 100 cm³/mol. The van der Waals surface area contributed by atoms with Crippen molar-refractivity contribution in [2.45, 2.75) is 45.9 Å². The number of tetrazole rings is 1. The van der Waals surface area contributed by atoms with Crippen LogP contribution < -0.4 is 0 Å². The third kappa shape index (κ3) is 5.33. The number of nitrogens with zero attached hydrogens (tertiary/aromatic N) is 7. The summed E-state index contributed by atoms with van der Waals surface area (Å²) in [5.41, 5.74) is 0.497. The molecule has 0 unspecified atom stereocenters. The first kappa shape index (κ1) is 19.4. The molecule has 0 N–H and O–H groups in total. The monoisotopic (exact) mass is 391 g/mol. The molecule has 2 heterocycles. The van der Waals surface area contributed by atoms with E-state index in [0.29, 0.717) is 23.7 Å². The second kappa shape index (κ2) is 9.57. The highest BCUT2D eigenvalue weighted by Crippen LogP contribution is 2.21. The van der Waals surface area contributed by atoms with Gasteiger partial charge in [0.15, 0.2) is 5.82 Å². The van der Waals surface area contributed by atoms with Crippen molar-refractivity contribution in [1.82, 2.24) is 34.7 Å². The molecule has 1 aromatic carbocycles. The van der Waals surface area contributed by atoms with Crippen LogP contribution in [0.15, 0.2) is 36.9 Å². The van der Waals surface area contributed by atoms with Gasteiger partial charge in [-0.1, -0.05) is 24.6 Å². The fourth-order valence-electron chi connectivity index (χ4n) is 2.94. The van der Waals surface area contributed by atoms with E-state index in [-0.39, 0.29) is 5.82 Å². The number of hydrogen-bond acceptors (Lipinski definition) is 5. The molecule has 3 rings (SSSR count). The molecule has 3 aromatic rings. The molecule has 0 aliphatic heterocycles. The number of aromatic nitrogens is 6. The quantitative estimate of drug-likeness (QED) is 0.531. The van der Waals surface area contributed by atoms with Gasteiger partial charge in [0, 0.05) is 49.2 Å². The van der Waals surface area contributed by atoms with Gasteiger partial charge in [-0.15, -0.1) is 5.10 Å². The van der Waals surface area contributed by atoms with Crippen molar-refractivity contribution in [3.8, 4) is 0 Å². The lowest BCUT2D eigenvalue weighted by molar-refractivity contribution is 0.234. The number of rotatable bonds is 10. The Hall–Kier alpha value is -2.32. The summed E-state index contributed by atoms with van der Waals surface area (Å²) in [7, 11) is 0. The van der Waals surface area contributed by atoms with Crippen LogP contribution in [0.2, 0.25) is 5.02 Å². The van der Waals surface area contributed by atoms with Crippen LogP contribution in [-0.4, -0.2) is 41.2 Å². The Bertz CT molecular complexity index is 814. The molecule has 0 aliphatic carbocycles. The minimum atomic E-state index is -0.296. The Balaban J connectivity index is 1.72. The van der Waals surface area contributed by atoms with Gasteiger partial charge in [0.05, 0.1) is 12.9 Å². The van der Waals surface area contributed by atoms with Crippen LogP contribution in [0.5, 0.6) is 0 Å². The molecule has 7 nitrogen and oxygen atoms in total. The maximum Gasteiger partial charge on any atom is 0.165 e. The lowest BCUT2D eigenvalue weighted by atomic mass is 10.2. The molecule has 0 spiro atoms. The fraction of sp³-hybridized carbons (Fsp3) is 0.444. The summed E-state index contributed by atoms with van der Waals surface area (Å²) in [4.78, 5) is 6.18. The number of halogens is 2. The fourth-order valence-corrected chi connectivity index (χ4v) is 3.16. The highest BCUT2D eigenvalue weighted by atomic mass is 35.5. The molecular formula is C18H23ClFN7. The Labute approximate surface area is 162 Å². The van der Waals surface area contributed by atoms with E-state index in [0.717, 1.165) is 38.3 Å². The second-order valence-electron chi connectivity index (χ2n) is 6.38. The summed E-state index contributed by atoms with van der Waals surface area (Å²) in [6, 6.07) is 4.77. The third-order valence-electron chi connectivity index (χ3n) is 4.30. The highest BCUT2D eigenvalue weighted by Gasteiger charge is 2.16. The third-order valence-corrected chi connectivity index (χ3v) is 4.65. The molecule has 0 saturated carbocycles. The zero-order chi connectivity index (χ0) is 19.1. The molecule has 0 saturated heterocycles. The van der Waals surface area contributed by atoms with Crippen molar-refractivity contribution in [2.24, 2.45) is 0 Å². The van der Waals surface area contributed by atoms with Crippen molar-refractivity contribution in [1.29, 1.82) is 0 Å². The first-order valence-corrected chi connectivity index (χ1v) is 9.41. The van der Waals surface area contributed by atoms with E-state index in [9.17, 15) is 4.39 Å². The van der Waals surface area contributed by atoms with E-state index in [1.807, 2.05) is 10.8 Å². The van der Waals surface area contributed by atoms with E-state index in [1.54, 1.807) is 29.3 Å². The van der Waals surface area contributed by atoms with E-state index in [4.69, 9.17) is 11.6 Å². The van der Waals surface area contributed by atoms with Crippen LogP contribution in [-0.2, 0) is 26.2 Å². The molecule has 9 heteroatoms. The molecule has 0 fully saturated rings. The number of hydrogen-bond donors (Lipinski definition) is 0. The minimum Gasteiger partial charge on any atom is -0.337 e. The molecule has 0 bridgehead atoms. The second-order valence-corrected chi connectivity index (χ2v) is 6.79. The topological polar surface area (TPSA) is 64.7 Å². The maximum absolute atomic E-state index is 14.3. The van der Waals surface area contributed by atoms with Gasteiger partial charge in [-0.2, -0.15) is 0 Å². The van der Waals surface area contributed by atoms with Crippen molar-refractivity contribution < 1.29 is 4.39 Å². The summed E-state index contributed by atoms with van der Waals surface area (Å²) in [5.74, 6) is 0.474. The van der Waals surface area contributed by atoms with Gasteiger partial charge in [-0.3, -0.25) is 4.90 Å². The summed E-state index contributed by atoms with van der Waals surface area (Å²) in [6.45, 7) is 5.35. The number of imidazole rings is 1. The van der Waals surface area contributed by atoms with Crippen molar-refractivity contribution >= 4 is 11.6 Å². The highest BCUT2D eigenvalue weighted by molar-refractivity contribution is 6.31. The van der Waals surface area contributed by atoms with Crippen LogP contribution in [0, 0.1) is 5.82 Å². The summed E-state index contributed by atoms with van der Waals surface area (Å²) < 4.78 is 18.1. The molecule has 144 valence electrons.